The summed E-state index contributed by atoms with van der Waals surface area (Å²) in [7, 11) is 0. The zero-order valence-corrected chi connectivity index (χ0v) is 18.3. The first-order chi connectivity index (χ1) is 15.5. The topological polar surface area (TPSA) is 88.3 Å². The second-order valence-electron chi connectivity index (χ2n) is 7.94. The second kappa shape index (κ2) is 9.94. The summed E-state index contributed by atoms with van der Waals surface area (Å²) in [6.07, 6.45) is 5.36. The highest BCUT2D eigenvalue weighted by molar-refractivity contribution is 6.30. The quantitative estimate of drug-likeness (QED) is 0.590. The molecule has 0 bridgehead atoms. The van der Waals surface area contributed by atoms with Crippen LogP contribution in [0.2, 0.25) is 5.02 Å². The van der Waals surface area contributed by atoms with E-state index in [0.717, 1.165) is 24.0 Å². The molecule has 0 aliphatic carbocycles. The van der Waals surface area contributed by atoms with Crippen molar-refractivity contribution in [2.24, 2.45) is 5.73 Å². The highest BCUT2D eigenvalue weighted by Gasteiger charge is 2.33. The fraction of sp³-hybridized carbons (Fsp3) is 0.240. The SMILES string of the molecule is NC(c1ccc(C(=O)Nc2ccncc2)cc1)C1CCCN1C(=O)Cc1ccc(Cl)cc1. The largest absolute Gasteiger partial charge is 0.338 e. The van der Waals surface area contributed by atoms with Crippen LogP contribution in [0.1, 0.15) is 40.4 Å². The molecule has 0 radical (unpaired) electrons. The molecule has 2 heterocycles. The fourth-order valence-corrected chi connectivity index (χ4v) is 4.20. The summed E-state index contributed by atoms with van der Waals surface area (Å²) in [4.78, 5) is 31.2. The molecular weight excluding hydrogens is 424 g/mol. The van der Waals surface area contributed by atoms with Gasteiger partial charge in [-0.2, -0.15) is 0 Å². The Labute approximate surface area is 192 Å². The van der Waals surface area contributed by atoms with Gasteiger partial charge in [-0.15, -0.1) is 0 Å². The molecule has 1 aliphatic heterocycles. The van der Waals surface area contributed by atoms with E-state index in [-0.39, 0.29) is 23.9 Å². The molecule has 6 nitrogen and oxygen atoms in total. The number of halogens is 1. The third-order valence-corrected chi connectivity index (χ3v) is 6.05. The van der Waals surface area contributed by atoms with E-state index in [1.807, 2.05) is 29.2 Å². The molecule has 1 fully saturated rings. The Morgan fingerprint density at radius 1 is 1.06 bits per heavy atom. The third-order valence-electron chi connectivity index (χ3n) is 5.80. The smallest absolute Gasteiger partial charge is 0.255 e. The van der Waals surface area contributed by atoms with Gasteiger partial charge in [0.05, 0.1) is 18.5 Å². The van der Waals surface area contributed by atoms with Gasteiger partial charge in [-0.05, 0) is 60.4 Å². The van der Waals surface area contributed by atoms with Crippen LogP contribution in [0.15, 0.2) is 73.1 Å². The number of anilines is 1. The molecule has 3 N–H and O–H groups in total. The van der Waals surface area contributed by atoms with Crippen LogP contribution in [0.3, 0.4) is 0 Å². The molecule has 2 atom stereocenters. The van der Waals surface area contributed by atoms with Crippen LogP contribution in [-0.4, -0.2) is 34.3 Å². The molecule has 32 heavy (non-hydrogen) atoms. The summed E-state index contributed by atoms with van der Waals surface area (Å²) in [6.45, 7) is 0.706. The minimum absolute atomic E-state index is 0.0636. The Bertz CT molecular complexity index is 1070. The Morgan fingerprint density at radius 3 is 2.44 bits per heavy atom. The van der Waals surface area contributed by atoms with Crippen LogP contribution in [0, 0.1) is 0 Å². The molecule has 3 aromatic rings. The van der Waals surface area contributed by atoms with Crippen molar-refractivity contribution < 1.29 is 9.59 Å². The summed E-state index contributed by atoms with van der Waals surface area (Å²) in [5, 5.41) is 3.49. The first-order valence-corrected chi connectivity index (χ1v) is 11.0. The molecule has 0 saturated carbocycles. The molecule has 1 saturated heterocycles. The molecule has 2 amide bonds. The third kappa shape index (κ3) is 5.15. The Kier molecular flexibility index (Phi) is 6.83. The van der Waals surface area contributed by atoms with Crippen LogP contribution >= 0.6 is 11.6 Å². The van der Waals surface area contributed by atoms with Gasteiger partial charge < -0.3 is 16.0 Å². The number of hydrogen-bond donors (Lipinski definition) is 2. The van der Waals surface area contributed by atoms with Crippen LogP contribution in [0.25, 0.3) is 0 Å². The van der Waals surface area contributed by atoms with Gasteiger partial charge in [-0.1, -0.05) is 35.9 Å². The van der Waals surface area contributed by atoms with E-state index in [9.17, 15) is 9.59 Å². The minimum atomic E-state index is -0.316. The Balaban J connectivity index is 1.41. The molecule has 0 spiro atoms. The lowest BCUT2D eigenvalue weighted by Gasteiger charge is -2.30. The van der Waals surface area contributed by atoms with E-state index < -0.39 is 0 Å². The number of carbonyl (C=O) groups excluding carboxylic acids is 2. The molecule has 2 aromatic carbocycles. The number of carbonyl (C=O) groups is 2. The number of nitrogens with zero attached hydrogens (tertiary/aromatic N) is 2. The first-order valence-electron chi connectivity index (χ1n) is 10.6. The predicted molar refractivity (Wildman–Crippen MR) is 125 cm³/mol. The molecule has 1 aromatic heterocycles. The van der Waals surface area contributed by atoms with Gasteiger partial charge in [0.2, 0.25) is 5.91 Å². The predicted octanol–water partition coefficient (Wildman–Crippen LogP) is 4.22. The van der Waals surface area contributed by atoms with E-state index in [4.69, 9.17) is 17.3 Å². The summed E-state index contributed by atoms with van der Waals surface area (Å²) in [6, 6.07) is 17.7. The standard InChI is InChI=1S/C25H25ClN4O2/c26-20-9-3-17(4-10-20)16-23(31)30-15-1-2-22(30)24(27)18-5-7-19(8-6-18)25(32)29-21-11-13-28-14-12-21/h3-14,22,24H,1-2,15-16,27H2,(H,28,29,32). The summed E-state index contributed by atoms with van der Waals surface area (Å²) >= 11 is 5.94. The number of benzene rings is 2. The number of amides is 2. The van der Waals surface area contributed by atoms with Gasteiger partial charge in [0.15, 0.2) is 0 Å². The van der Waals surface area contributed by atoms with Crippen molar-refractivity contribution in [3.05, 3.63) is 94.8 Å². The van der Waals surface area contributed by atoms with Gasteiger partial charge in [0, 0.05) is 35.2 Å². The lowest BCUT2D eigenvalue weighted by molar-refractivity contribution is -0.131. The summed E-state index contributed by atoms with van der Waals surface area (Å²) < 4.78 is 0. The van der Waals surface area contributed by atoms with E-state index in [1.54, 1.807) is 48.8 Å². The number of nitrogens with one attached hydrogen (secondary N) is 1. The van der Waals surface area contributed by atoms with Gasteiger partial charge in [-0.3, -0.25) is 14.6 Å². The van der Waals surface area contributed by atoms with E-state index in [0.29, 0.717) is 29.2 Å². The van der Waals surface area contributed by atoms with E-state index >= 15 is 0 Å². The molecule has 7 heteroatoms. The van der Waals surface area contributed by atoms with Gasteiger partial charge in [0.25, 0.3) is 5.91 Å². The average Bonchev–Trinajstić information content (AvgIpc) is 3.31. The molecular formula is C25H25ClN4O2. The summed E-state index contributed by atoms with van der Waals surface area (Å²) in [5.41, 5.74) is 9.64. The monoisotopic (exact) mass is 448 g/mol. The van der Waals surface area contributed by atoms with Crippen molar-refractivity contribution in [2.75, 3.05) is 11.9 Å². The summed E-state index contributed by atoms with van der Waals surface area (Å²) in [5.74, 6) is -0.129. The van der Waals surface area contributed by atoms with Gasteiger partial charge >= 0.3 is 0 Å². The first kappa shape index (κ1) is 22.0. The van der Waals surface area contributed by atoms with E-state index in [2.05, 4.69) is 10.3 Å². The van der Waals surface area contributed by atoms with Crippen LogP contribution in [-0.2, 0) is 11.2 Å². The van der Waals surface area contributed by atoms with Crippen molar-refractivity contribution in [2.45, 2.75) is 31.3 Å². The number of aromatic nitrogens is 1. The number of rotatable bonds is 6. The molecule has 1 aliphatic rings. The second-order valence-corrected chi connectivity index (χ2v) is 8.37. The minimum Gasteiger partial charge on any atom is -0.338 e. The van der Waals surface area contributed by atoms with Crippen molar-refractivity contribution in [1.29, 1.82) is 0 Å². The van der Waals surface area contributed by atoms with Crippen molar-refractivity contribution in [1.82, 2.24) is 9.88 Å². The Morgan fingerprint density at radius 2 is 1.75 bits per heavy atom. The van der Waals surface area contributed by atoms with Crippen molar-refractivity contribution in [3.63, 3.8) is 0 Å². The molecule has 4 rings (SSSR count). The zero-order valence-electron chi connectivity index (χ0n) is 17.6. The van der Waals surface area contributed by atoms with Crippen molar-refractivity contribution >= 4 is 29.1 Å². The Hall–Kier alpha value is -3.22. The zero-order chi connectivity index (χ0) is 22.5. The highest BCUT2D eigenvalue weighted by atomic mass is 35.5. The number of nitrogens with two attached hydrogens (primary N) is 1. The average molecular weight is 449 g/mol. The maximum Gasteiger partial charge on any atom is 0.255 e. The number of pyridine rings is 1. The van der Waals surface area contributed by atoms with Crippen LogP contribution in [0.4, 0.5) is 5.69 Å². The maximum atomic E-state index is 12.9. The molecule has 2 unspecified atom stereocenters. The normalized spacial score (nSPS) is 16.6. The van der Waals surface area contributed by atoms with Gasteiger partial charge in [-0.25, -0.2) is 0 Å². The fourth-order valence-electron chi connectivity index (χ4n) is 4.07. The molecule has 164 valence electrons. The van der Waals surface area contributed by atoms with E-state index in [1.165, 1.54) is 0 Å². The van der Waals surface area contributed by atoms with Crippen molar-refractivity contribution in [3.8, 4) is 0 Å². The maximum absolute atomic E-state index is 12.9. The number of likely N-dealkylation sites (tertiary alicyclic amines) is 1. The van der Waals surface area contributed by atoms with Crippen LogP contribution in [0.5, 0.6) is 0 Å². The lowest BCUT2D eigenvalue weighted by Crippen LogP contribution is -2.42. The lowest BCUT2D eigenvalue weighted by atomic mass is 9.96. The van der Waals surface area contributed by atoms with Gasteiger partial charge in [0.1, 0.15) is 0 Å². The highest BCUT2D eigenvalue weighted by Crippen LogP contribution is 2.29. The van der Waals surface area contributed by atoms with Crippen LogP contribution < -0.4 is 11.1 Å². The number of hydrogen-bond acceptors (Lipinski definition) is 4.